The van der Waals surface area contributed by atoms with Crippen molar-refractivity contribution in [3.63, 3.8) is 0 Å². The highest BCUT2D eigenvalue weighted by molar-refractivity contribution is 5.18. The van der Waals surface area contributed by atoms with Crippen LogP contribution in [-0.2, 0) is 4.74 Å². The summed E-state index contributed by atoms with van der Waals surface area (Å²) in [5.74, 6) is 0. The molecule has 2 fully saturated rings. The summed E-state index contributed by atoms with van der Waals surface area (Å²) in [6.45, 7) is 17.9. The zero-order valence-electron chi connectivity index (χ0n) is 17.3. The third-order valence-corrected chi connectivity index (χ3v) is 5.64. The first-order valence-corrected chi connectivity index (χ1v) is 10.0. The molecule has 2 heterocycles. The van der Waals surface area contributed by atoms with Crippen LogP contribution in [0.4, 0.5) is 0 Å². The molecule has 1 atom stereocenters. The molecule has 2 saturated heterocycles. The van der Waals surface area contributed by atoms with Crippen molar-refractivity contribution < 1.29 is 4.74 Å². The Hall–Kier alpha value is -1.86. The number of nitrogens with one attached hydrogen (secondary N) is 2. The van der Waals surface area contributed by atoms with E-state index >= 15 is 0 Å². The normalized spacial score (nSPS) is 20.6. The molecule has 0 aromatic rings. The van der Waals surface area contributed by atoms with E-state index in [1.165, 1.54) is 18.4 Å². The predicted molar refractivity (Wildman–Crippen MR) is 117 cm³/mol. The fourth-order valence-corrected chi connectivity index (χ4v) is 3.55. The Morgan fingerprint density at radius 3 is 2.57 bits per heavy atom. The van der Waals surface area contributed by atoms with E-state index < -0.39 is 0 Å². The number of rotatable bonds is 12. The molecule has 2 rings (SSSR count). The summed E-state index contributed by atoms with van der Waals surface area (Å²) < 4.78 is 5.42. The van der Waals surface area contributed by atoms with Crippen LogP contribution < -0.4 is 16.6 Å². The highest BCUT2D eigenvalue weighted by Gasteiger charge is 2.40. The monoisotopic (exact) mass is 387 g/mol. The van der Waals surface area contributed by atoms with Gasteiger partial charge in [-0.15, -0.1) is 0 Å². The fraction of sp³-hybridized carbons (Fsp3) is 0.545. The molecule has 0 saturated carbocycles. The Morgan fingerprint density at radius 1 is 1.32 bits per heavy atom. The average Bonchev–Trinajstić information content (AvgIpc) is 2.68. The average molecular weight is 388 g/mol. The summed E-state index contributed by atoms with van der Waals surface area (Å²) in [5.41, 5.74) is 14.7. The van der Waals surface area contributed by atoms with Gasteiger partial charge in [0.05, 0.1) is 19.3 Å². The van der Waals surface area contributed by atoms with Crippen molar-refractivity contribution >= 4 is 0 Å². The van der Waals surface area contributed by atoms with Gasteiger partial charge in [-0.1, -0.05) is 38.0 Å². The molecule has 1 spiro atoms. The lowest BCUT2D eigenvalue weighted by molar-refractivity contribution is -0.138. The first-order valence-electron chi connectivity index (χ1n) is 10.0. The summed E-state index contributed by atoms with van der Waals surface area (Å²) in [6, 6.07) is 0.162. The Labute approximate surface area is 170 Å². The second-order valence-electron chi connectivity index (χ2n) is 7.86. The summed E-state index contributed by atoms with van der Waals surface area (Å²) in [6.07, 6.45) is 12.0. The van der Waals surface area contributed by atoms with Gasteiger partial charge in [0.15, 0.2) is 0 Å². The van der Waals surface area contributed by atoms with Crippen molar-refractivity contribution in [1.29, 1.82) is 0 Å². The van der Waals surface area contributed by atoms with Crippen LogP contribution in [0, 0.1) is 5.41 Å². The van der Waals surface area contributed by atoms with E-state index in [4.69, 9.17) is 10.5 Å². The Balaban J connectivity index is 1.79. The number of allylic oxidation sites excluding steroid dienone is 3. The summed E-state index contributed by atoms with van der Waals surface area (Å²) in [4.78, 5) is 4.68. The third kappa shape index (κ3) is 6.63. The van der Waals surface area contributed by atoms with Crippen LogP contribution in [-0.4, -0.2) is 68.8 Å². The molecular formula is C22H37N5O. The van der Waals surface area contributed by atoms with Gasteiger partial charge >= 0.3 is 0 Å². The van der Waals surface area contributed by atoms with Gasteiger partial charge in [-0.2, -0.15) is 0 Å². The molecule has 2 aliphatic heterocycles. The molecule has 156 valence electrons. The van der Waals surface area contributed by atoms with Crippen molar-refractivity contribution in [2.45, 2.75) is 18.9 Å². The van der Waals surface area contributed by atoms with E-state index in [-0.39, 0.29) is 6.04 Å². The van der Waals surface area contributed by atoms with Crippen LogP contribution in [0.3, 0.4) is 0 Å². The zero-order chi connectivity index (χ0) is 20.4. The highest BCUT2D eigenvalue weighted by atomic mass is 16.5. The standard InChI is InChI=1S/C22H37N5O/c1-5-7-8-19(3)25-24-14-21(13-23)26(4)15-20(6-2)16-27-11-9-22(10-12-27)17-28-18-22/h5-8,15,21,24-25H,1-3,9-14,16-18,23H2,4H3/b8-7-,20-15+. The predicted octanol–water partition coefficient (Wildman–Crippen LogP) is 1.78. The fourth-order valence-electron chi connectivity index (χ4n) is 3.55. The van der Waals surface area contributed by atoms with E-state index in [0.717, 1.165) is 38.5 Å². The molecule has 4 N–H and O–H groups in total. The second kappa shape index (κ2) is 11.2. The van der Waals surface area contributed by atoms with Crippen LogP contribution in [0.15, 0.2) is 61.5 Å². The number of hydrazine groups is 1. The number of ether oxygens (including phenoxy) is 1. The largest absolute Gasteiger partial charge is 0.380 e. The van der Waals surface area contributed by atoms with E-state index in [1.54, 1.807) is 6.08 Å². The number of hydrogen-bond acceptors (Lipinski definition) is 6. The maximum atomic E-state index is 5.99. The summed E-state index contributed by atoms with van der Waals surface area (Å²) in [5, 5.41) is 0. The zero-order valence-corrected chi connectivity index (χ0v) is 17.3. The van der Waals surface area contributed by atoms with Gasteiger partial charge in [0.25, 0.3) is 0 Å². The molecule has 6 nitrogen and oxygen atoms in total. The molecule has 6 heteroatoms. The molecule has 0 aromatic heterocycles. The molecule has 0 aliphatic carbocycles. The highest BCUT2D eigenvalue weighted by Crippen LogP contribution is 2.38. The quantitative estimate of drug-likeness (QED) is 0.350. The van der Waals surface area contributed by atoms with Crippen molar-refractivity contribution in [2.75, 3.05) is 53.0 Å². The third-order valence-electron chi connectivity index (χ3n) is 5.64. The number of piperidine rings is 1. The lowest BCUT2D eigenvalue weighted by Crippen LogP contribution is -2.51. The number of hydrogen-bond donors (Lipinski definition) is 3. The molecule has 0 aromatic carbocycles. The molecule has 0 amide bonds. The minimum Gasteiger partial charge on any atom is -0.380 e. The van der Waals surface area contributed by atoms with Gasteiger partial charge in [-0.3, -0.25) is 4.90 Å². The number of nitrogens with two attached hydrogens (primary N) is 1. The van der Waals surface area contributed by atoms with Crippen LogP contribution in [0.1, 0.15) is 12.8 Å². The van der Waals surface area contributed by atoms with Crippen LogP contribution >= 0.6 is 0 Å². The summed E-state index contributed by atoms with van der Waals surface area (Å²) >= 11 is 0. The Morgan fingerprint density at radius 2 is 2.04 bits per heavy atom. The minimum atomic E-state index is 0.162. The van der Waals surface area contributed by atoms with Crippen molar-refractivity contribution in [1.82, 2.24) is 20.7 Å². The van der Waals surface area contributed by atoms with Crippen LogP contribution in [0.5, 0.6) is 0 Å². The molecular weight excluding hydrogens is 350 g/mol. The summed E-state index contributed by atoms with van der Waals surface area (Å²) in [7, 11) is 2.06. The Bertz CT molecular complexity index is 584. The topological polar surface area (TPSA) is 65.8 Å². The molecule has 0 bridgehead atoms. The van der Waals surface area contributed by atoms with Crippen molar-refractivity contribution in [3.8, 4) is 0 Å². The van der Waals surface area contributed by atoms with Gasteiger partial charge in [-0.05, 0) is 37.6 Å². The van der Waals surface area contributed by atoms with E-state index in [9.17, 15) is 0 Å². The maximum absolute atomic E-state index is 5.99. The number of likely N-dealkylation sites (N-methyl/N-ethyl adjacent to an activating group) is 1. The van der Waals surface area contributed by atoms with Gasteiger partial charge in [0, 0.05) is 44.0 Å². The first-order chi connectivity index (χ1) is 13.5. The van der Waals surface area contributed by atoms with Crippen molar-refractivity contribution in [3.05, 3.63) is 61.5 Å². The molecule has 2 aliphatic rings. The van der Waals surface area contributed by atoms with Crippen molar-refractivity contribution in [2.24, 2.45) is 11.1 Å². The number of likely N-dealkylation sites (tertiary alicyclic amines) is 1. The van der Waals surface area contributed by atoms with E-state index in [1.807, 2.05) is 18.2 Å². The molecule has 1 unspecified atom stereocenters. The lowest BCUT2D eigenvalue weighted by atomic mass is 9.77. The van der Waals surface area contributed by atoms with Gasteiger partial charge in [0.2, 0.25) is 0 Å². The van der Waals surface area contributed by atoms with Gasteiger partial charge in [-0.25, -0.2) is 5.43 Å². The SMILES string of the molecule is C=C/C=C\C(=C)NNCC(CN)N(C)/C=C(\C=C)CN1CCC2(CC1)COC2. The Kier molecular flexibility index (Phi) is 8.99. The smallest absolute Gasteiger partial charge is 0.0546 e. The van der Waals surface area contributed by atoms with E-state index in [2.05, 4.69) is 53.6 Å². The van der Waals surface area contributed by atoms with Gasteiger partial charge in [0.1, 0.15) is 0 Å². The van der Waals surface area contributed by atoms with Crippen LogP contribution in [0.25, 0.3) is 0 Å². The molecule has 28 heavy (non-hydrogen) atoms. The first kappa shape index (κ1) is 22.4. The van der Waals surface area contributed by atoms with E-state index in [0.29, 0.717) is 18.5 Å². The maximum Gasteiger partial charge on any atom is 0.0546 e. The number of nitrogens with zero attached hydrogens (tertiary/aromatic N) is 2. The molecule has 0 radical (unpaired) electrons. The van der Waals surface area contributed by atoms with Gasteiger partial charge < -0.3 is 20.8 Å². The second-order valence-corrected chi connectivity index (χ2v) is 7.86. The minimum absolute atomic E-state index is 0.162. The van der Waals surface area contributed by atoms with Crippen LogP contribution in [0.2, 0.25) is 0 Å². The lowest BCUT2D eigenvalue weighted by Gasteiger charge is -2.47.